The maximum Gasteiger partial charge on any atom is 0.224 e. The fraction of sp³-hybridized carbons (Fsp3) is 0.667. The molecule has 0 radical (unpaired) electrons. The number of carbonyl (C=O) groups excluding carboxylic acids is 1. The Balaban J connectivity index is 1.49. The summed E-state index contributed by atoms with van der Waals surface area (Å²) in [4.78, 5) is 12.6. The molecule has 1 saturated heterocycles. The minimum absolute atomic E-state index is 0.0464. The predicted molar refractivity (Wildman–Crippen MR) is 126 cm³/mol. The Hall–Kier alpha value is -0.470. The first-order valence-electron chi connectivity index (χ1n) is 10.7. The van der Waals surface area contributed by atoms with Crippen molar-refractivity contribution in [3.05, 3.63) is 33.8 Å². The van der Waals surface area contributed by atoms with E-state index in [1.165, 1.54) is 36.4 Å². The molecule has 1 saturated carbocycles. The van der Waals surface area contributed by atoms with Crippen LogP contribution in [-0.4, -0.2) is 49.3 Å². The van der Waals surface area contributed by atoms with E-state index >= 15 is 0 Å². The summed E-state index contributed by atoms with van der Waals surface area (Å²) >= 11 is 14.2. The van der Waals surface area contributed by atoms with Crippen LogP contribution in [0.15, 0.2) is 18.2 Å². The van der Waals surface area contributed by atoms with Gasteiger partial charge in [0, 0.05) is 46.2 Å². The number of hydrogen-bond acceptors (Lipinski definition) is 4. The van der Waals surface area contributed by atoms with E-state index in [0.717, 1.165) is 11.0 Å². The number of amides is 1. The lowest BCUT2D eigenvalue weighted by Crippen LogP contribution is -2.46. The highest BCUT2D eigenvalue weighted by molar-refractivity contribution is 7.99. The molecule has 3 rings (SSSR count). The van der Waals surface area contributed by atoms with Crippen LogP contribution in [0.1, 0.15) is 50.5 Å². The lowest BCUT2D eigenvalue weighted by atomic mass is 9.99. The molecular weight excluding hydrogens is 463 g/mol. The molecule has 2 aliphatic rings. The minimum atomic E-state index is -3.61. The zero-order valence-electron chi connectivity index (χ0n) is 17.1. The van der Waals surface area contributed by atoms with Crippen molar-refractivity contribution in [1.29, 1.82) is 0 Å². The van der Waals surface area contributed by atoms with Gasteiger partial charge in [-0.3, -0.25) is 4.79 Å². The van der Waals surface area contributed by atoms with E-state index in [-0.39, 0.29) is 24.1 Å². The number of piperidine rings is 1. The largest absolute Gasteiger partial charge is 0.355 e. The normalized spacial score (nSPS) is 21.5. The van der Waals surface area contributed by atoms with Crippen LogP contribution in [0.2, 0.25) is 10.0 Å². The molecular formula is C21H30Cl2N2O3S2. The van der Waals surface area contributed by atoms with Crippen molar-refractivity contribution in [2.75, 3.05) is 25.4 Å². The van der Waals surface area contributed by atoms with E-state index in [9.17, 15) is 13.2 Å². The van der Waals surface area contributed by atoms with Gasteiger partial charge in [-0.1, -0.05) is 48.5 Å². The summed E-state index contributed by atoms with van der Waals surface area (Å²) in [6, 6.07) is 4.96. The van der Waals surface area contributed by atoms with Crippen LogP contribution in [0, 0.1) is 5.92 Å². The molecule has 1 amide bonds. The van der Waals surface area contributed by atoms with Gasteiger partial charge in [0.05, 0.1) is 11.7 Å². The monoisotopic (exact) mass is 492 g/mol. The molecule has 1 aliphatic carbocycles. The van der Waals surface area contributed by atoms with Crippen LogP contribution in [0.5, 0.6) is 0 Å². The van der Waals surface area contributed by atoms with Crippen LogP contribution >= 0.6 is 35.0 Å². The molecule has 0 aromatic heterocycles. The second-order valence-corrected chi connectivity index (χ2v) is 12.3. The molecule has 1 aliphatic heterocycles. The van der Waals surface area contributed by atoms with Gasteiger partial charge < -0.3 is 5.32 Å². The number of carbonyl (C=O) groups is 1. The zero-order chi connectivity index (χ0) is 21.6. The highest BCUT2D eigenvalue weighted by Gasteiger charge is 2.33. The van der Waals surface area contributed by atoms with E-state index in [1.807, 2.05) is 11.8 Å². The summed E-state index contributed by atoms with van der Waals surface area (Å²) in [5.74, 6) is 0.304. The highest BCUT2D eigenvalue weighted by Crippen LogP contribution is 2.29. The van der Waals surface area contributed by atoms with Crippen LogP contribution in [0.4, 0.5) is 0 Å². The van der Waals surface area contributed by atoms with Crippen molar-refractivity contribution >= 4 is 50.9 Å². The second kappa shape index (κ2) is 11.4. The quantitative estimate of drug-likeness (QED) is 0.533. The van der Waals surface area contributed by atoms with Crippen LogP contribution in [-0.2, 0) is 20.6 Å². The molecule has 0 bridgehead atoms. The summed E-state index contributed by atoms with van der Waals surface area (Å²) in [7, 11) is -3.61. The van der Waals surface area contributed by atoms with Gasteiger partial charge in [0.25, 0.3) is 0 Å². The van der Waals surface area contributed by atoms with Gasteiger partial charge in [0.15, 0.2) is 0 Å². The highest BCUT2D eigenvalue weighted by atomic mass is 35.5. The van der Waals surface area contributed by atoms with Gasteiger partial charge in [0.1, 0.15) is 0 Å². The topological polar surface area (TPSA) is 66.5 Å². The SMILES string of the molecule is O=C(NCCSC1CCCCC1)C1CCCN(S(=O)(=O)Cc2c(Cl)cccc2Cl)C1. The predicted octanol–water partition coefficient (Wildman–Crippen LogP) is 4.72. The van der Waals surface area contributed by atoms with Gasteiger partial charge in [-0.25, -0.2) is 12.7 Å². The van der Waals surface area contributed by atoms with Crippen molar-refractivity contribution in [3.8, 4) is 0 Å². The molecule has 1 heterocycles. The van der Waals surface area contributed by atoms with E-state index in [4.69, 9.17) is 23.2 Å². The Morgan fingerprint density at radius 3 is 2.50 bits per heavy atom. The Bertz CT molecular complexity index is 809. The lowest BCUT2D eigenvalue weighted by Gasteiger charge is -2.31. The van der Waals surface area contributed by atoms with Gasteiger partial charge >= 0.3 is 0 Å². The molecule has 5 nitrogen and oxygen atoms in total. The number of nitrogens with zero attached hydrogens (tertiary/aromatic N) is 1. The van der Waals surface area contributed by atoms with Gasteiger partial charge in [0.2, 0.25) is 15.9 Å². The third-order valence-corrected chi connectivity index (χ3v) is 9.71. The summed E-state index contributed by atoms with van der Waals surface area (Å²) in [6.07, 6.45) is 7.92. The van der Waals surface area contributed by atoms with Crippen molar-refractivity contribution in [3.63, 3.8) is 0 Å². The summed E-state index contributed by atoms with van der Waals surface area (Å²) in [6.45, 7) is 1.27. The van der Waals surface area contributed by atoms with Crippen LogP contribution < -0.4 is 5.32 Å². The van der Waals surface area contributed by atoms with Gasteiger partial charge in [-0.2, -0.15) is 11.8 Å². The molecule has 1 atom stereocenters. The number of nitrogens with one attached hydrogen (secondary N) is 1. The van der Waals surface area contributed by atoms with E-state index in [1.54, 1.807) is 18.2 Å². The first kappa shape index (κ1) is 24.2. The number of sulfonamides is 1. The van der Waals surface area contributed by atoms with Crippen LogP contribution in [0.25, 0.3) is 0 Å². The van der Waals surface area contributed by atoms with Crippen molar-refractivity contribution in [1.82, 2.24) is 9.62 Å². The summed E-state index contributed by atoms with van der Waals surface area (Å²) < 4.78 is 27.3. The third-order valence-electron chi connectivity index (χ3n) is 5.84. The molecule has 30 heavy (non-hydrogen) atoms. The first-order valence-corrected chi connectivity index (χ1v) is 14.1. The number of halogens is 2. The number of benzene rings is 1. The Morgan fingerprint density at radius 1 is 1.10 bits per heavy atom. The molecule has 1 N–H and O–H groups in total. The number of rotatable bonds is 8. The molecule has 1 unspecified atom stereocenters. The standard InChI is InChI=1S/C21H30Cl2N2O3S2/c22-19-9-4-10-20(23)18(19)15-30(27,28)25-12-5-6-16(14-25)21(26)24-11-13-29-17-7-2-1-3-8-17/h4,9-10,16-17H,1-3,5-8,11-15H2,(H,24,26). The average molecular weight is 494 g/mol. The van der Waals surface area contributed by atoms with Crippen molar-refractivity contribution < 1.29 is 13.2 Å². The second-order valence-electron chi connectivity index (χ2n) is 8.08. The maximum atomic E-state index is 12.9. The molecule has 2 fully saturated rings. The van der Waals surface area contributed by atoms with Gasteiger partial charge in [-0.15, -0.1) is 0 Å². The molecule has 0 spiro atoms. The van der Waals surface area contributed by atoms with Crippen LogP contribution in [0.3, 0.4) is 0 Å². The Morgan fingerprint density at radius 2 is 1.80 bits per heavy atom. The van der Waals surface area contributed by atoms with Gasteiger partial charge in [-0.05, 0) is 37.8 Å². The average Bonchev–Trinajstić information content (AvgIpc) is 2.75. The summed E-state index contributed by atoms with van der Waals surface area (Å²) in [5.41, 5.74) is 0.409. The number of thioether (sulfide) groups is 1. The minimum Gasteiger partial charge on any atom is -0.355 e. The molecule has 9 heteroatoms. The Kier molecular flexibility index (Phi) is 9.20. The third kappa shape index (κ3) is 6.76. The zero-order valence-corrected chi connectivity index (χ0v) is 20.3. The summed E-state index contributed by atoms with van der Waals surface area (Å²) in [5, 5.41) is 4.41. The van der Waals surface area contributed by atoms with E-state index in [0.29, 0.717) is 41.5 Å². The fourth-order valence-corrected chi connectivity index (χ4v) is 7.71. The maximum absolute atomic E-state index is 12.9. The van der Waals surface area contributed by atoms with E-state index in [2.05, 4.69) is 5.32 Å². The number of hydrogen-bond donors (Lipinski definition) is 1. The van der Waals surface area contributed by atoms with E-state index < -0.39 is 10.0 Å². The Labute approximate surface area is 194 Å². The molecule has 168 valence electrons. The van der Waals surface area contributed by atoms with Crippen molar-refractivity contribution in [2.24, 2.45) is 5.92 Å². The molecule has 1 aromatic carbocycles. The van der Waals surface area contributed by atoms with Crippen molar-refractivity contribution in [2.45, 2.75) is 55.9 Å². The lowest BCUT2D eigenvalue weighted by molar-refractivity contribution is -0.125. The fourth-order valence-electron chi connectivity index (χ4n) is 4.13. The smallest absolute Gasteiger partial charge is 0.224 e. The molecule has 1 aromatic rings. The first-order chi connectivity index (χ1) is 14.4.